The van der Waals surface area contributed by atoms with Crippen LogP contribution in [0.2, 0.25) is 0 Å². The average Bonchev–Trinajstić information content (AvgIpc) is 2.39. The Balaban J connectivity index is 2.32. The monoisotopic (exact) mass is 242 g/mol. The molecule has 2 aromatic rings. The number of carboxylic acid groups (broad SMARTS) is 1. The van der Waals surface area contributed by atoms with Crippen molar-refractivity contribution in [3.63, 3.8) is 0 Å². The summed E-state index contributed by atoms with van der Waals surface area (Å²) in [7, 11) is 1.76. The van der Waals surface area contributed by atoms with Gasteiger partial charge in [0.15, 0.2) is 0 Å². The van der Waals surface area contributed by atoms with Crippen molar-refractivity contribution < 1.29 is 9.90 Å². The first-order valence-corrected chi connectivity index (χ1v) is 5.57. The van der Waals surface area contributed by atoms with Crippen LogP contribution >= 0.6 is 0 Å². The summed E-state index contributed by atoms with van der Waals surface area (Å²) < 4.78 is 0. The molecule has 3 N–H and O–H groups in total. The Hall–Kier alpha value is -2.49. The molecule has 0 aromatic heterocycles. The van der Waals surface area contributed by atoms with Crippen molar-refractivity contribution >= 4 is 23.0 Å². The molecule has 0 radical (unpaired) electrons. The summed E-state index contributed by atoms with van der Waals surface area (Å²) in [6.45, 7) is 0. The maximum Gasteiger partial charge on any atom is 0.335 e. The molecule has 18 heavy (non-hydrogen) atoms. The summed E-state index contributed by atoms with van der Waals surface area (Å²) in [5, 5.41) is 15.2. The Morgan fingerprint density at radius 2 is 1.67 bits per heavy atom. The maximum atomic E-state index is 11.0. The minimum Gasteiger partial charge on any atom is -0.478 e. The third kappa shape index (κ3) is 2.79. The van der Waals surface area contributed by atoms with E-state index in [1.807, 2.05) is 36.4 Å². The van der Waals surface area contributed by atoms with Crippen molar-refractivity contribution in [2.45, 2.75) is 0 Å². The van der Waals surface area contributed by atoms with E-state index >= 15 is 0 Å². The lowest BCUT2D eigenvalue weighted by atomic mass is 10.1. The van der Waals surface area contributed by atoms with Crippen molar-refractivity contribution in [3.8, 4) is 0 Å². The Morgan fingerprint density at radius 1 is 1.00 bits per heavy atom. The van der Waals surface area contributed by atoms with Crippen molar-refractivity contribution in [1.82, 2.24) is 0 Å². The summed E-state index contributed by atoms with van der Waals surface area (Å²) in [5.74, 6) is -0.941. The quantitative estimate of drug-likeness (QED) is 0.770. The van der Waals surface area contributed by atoms with Gasteiger partial charge in [0.1, 0.15) is 0 Å². The predicted octanol–water partition coefficient (Wildman–Crippen LogP) is 3.17. The van der Waals surface area contributed by atoms with Crippen LogP contribution < -0.4 is 10.6 Å². The molecule has 0 unspecified atom stereocenters. The van der Waals surface area contributed by atoms with Gasteiger partial charge in [0, 0.05) is 24.1 Å². The van der Waals surface area contributed by atoms with Crippen LogP contribution in [0.15, 0.2) is 48.5 Å². The summed E-state index contributed by atoms with van der Waals surface area (Å²) >= 11 is 0. The highest BCUT2D eigenvalue weighted by molar-refractivity contribution is 5.90. The van der Waals surface area contributed by atoms with Gasteiger partial charge < -0.3 is 15.7 Å². The number of nitrogens with one attached hydrogen (secondary N) is 2. The normalized spacial score (nSPS) is 9.83. The van der Waals surface area contributed by atoms with E-state index < -0.39 is 5.97 Å². The zero-order chi connectivity index (χ0) is 13.0. The molecule has 2 rings (SSSR count). The van der Waals surface area contributed by atoms with Crippen LogP contribution in [0.1, 0.15) is 10.4 Å². The third-order valence-electron chi connectivity index (χ3n) is 2.53. The fourth-order valence-corrected chi connectivity index (χ4v) is 1.66. The standard InChI is InChI=1S/C14H14N2O2/c1-15-12-7-10(14(17)18)8-13(9-12)16-11-5-3-2-4-6-11/h2-9,15-16H,1H3,(H,17,18). The molecule has 0 atom stereocenters. The summed E-state index contributed by atoms with van der Waals surface area (Å²) in [6, 6.07) is 14.7. The lowest BCUT2D eigenvalue weighted by molar-refractivity contribution is 0.0697. The van der Waals surface area contributed by atoms with Crippen molar-refractivity contribution in [2.24, 2.45) is 0 Å². The highest BCUT2D eigenvalue weighted by atomic mass is 16.4. The van der Waals surface area contributed by atoms with E-state index in [4.69, 9.17) is 5.11 Å². The number of rotatable bonds is 4. The molecule has 2 aromatic carbocycles. The second kappa shape index (κ2) is 5.23. The molecule has 0 aliphatic heterocycles. The summed E-state index contributed by atoms with van der Waals surface area (Å²) in [6.07, 6.45) is 0. The van der Waals surface area contributed by atoms with Gasteiger partial charge in [-0.25, -0.2) is 4.79 Å². The van der Waals surface area contributed by atoms with E-state index in [9.17, 15) is 4.79 Å². The second-order valence-corrected chi connectivity index (χ2v) is 3.85. The molecule has 0 aliphatic carbocycles. The highest BCUT2D eigenvalue weighted by Crippen LogP contribution is 2.22. The third-order valence-corrected chi connectivity index (χ3v) is 2.53. The van der Waals surface area contributed by atoms with E-state index in [0.29, 0.717) is 0 Å². The molecule has 4 nitrogen and oxygen atoms in total. The van der Waals surface area contributed by atoms with Crippen molar-refractivity contribution in [3.05, 3.63) is 54.1 Å². The number of carbonyl (C=O) groups is 1. The van der Waals surface area contributed by atoms with Crippen LogP contribution in [0.5, 0.6) is 0 Å². The predicted molar refractivity (Wildman–Crippen MR) is 72.7 cm³/mol. The van der Waals surface area contributed by atoms with Crippen LogP contribution in [0, 0.1) is 0 Å². The van der Waals surface area contributed by atoms with E-state index in [0.717, 1.165) is 17.1 Å². The molecule has 0 saturated carbocycles. The molecule has 0 heterocycles. The number of benzene rings is 2. The minimum atomic E-state index is -0.941. The lowest BCUT2D eigenvalue weighted by Crippen LogP contribution is -2.00. The Bertz CT molecular complexity index is 553. The van der Waals surface area contributed by atoms with Crippen molar-refractivity contribution in [2.75, 3.05) is 17.7 Å². The van der Waals surface area contributed by atoms with Gasteiger partial charge in [-0.05, 0) is 30.3 Å². The van der Waals surface area contributed by atoms with Crippen molar-refractivity contribution in [1.29, 1.82) is 0 Å². The van der Waals surface area contributed by atoms with E-state index in [1.54, 1.807) is 19.2 Å². The van der Waals surface area contributed by atoms with Gasteiger partial charge in [0.25, 0.3) is 0 Å². The van der Waals surface area contributed by atoms with Crippen LogP contribution in [-0.4, -0.2) is 18.1 Å². The van der Waals surface area contributed by atoms with Gasteiger partial charge in [-0.2, -0.15) is 0 Å². The van der Waals surface area contributed by atoms with Gasteiger partial charge in [-0.15, -0.1) is 0 Å². The number of para-hydroxylation sites is 1. The zero-order valence-corrected chi connectivity index (χ0v) is 9.97. The number of carboxylic acids is 1. The summed E-state index contributed by atoms with van der Waals surface area (Å²) in [5.41, 5.74) is 2.67. The fourth-order valence-electron chi connectivity index (χ4n) is 1.66. The maximum absolute atomic E-state index is 11.0. The Labute approximate surface area is 105 Å². The van der Waals surface area contributed by atoms with E-state index in [1.165, 1.54) is 0 Å². The first kappa shape index (κ1) is 12.0. The largest absolute Gasteiger partial charge is 0.478 e. The van der Waals surface area contributed by atoms with E-state index in [-0.39, 0.29) is 5.56 Å². The van der Waals surface area contributed by atoms with Crippen LogP contribution in [0.25, 0.3) is 0 Å². The molecule has 0 saturated heterocycles. The van der Waals surface area contributed by atoms with Crippen LogP contribution in [0.3, 0.4) is 0 Å². The van der Waals surface area contributed by atoms with Crippen LogP contribution in [0.4, 0.5) is 17.1 Å². The number of anilines is 3. The van der Waals surface area contributed by atoms with E-state index in [2.05, 4.69) is 10.6 Å². The SMILES string of the molecule is CNc1cc(Nc2ccccc2)cc(C(=O)O)c1. The molecule has 92 valence electrons. The minimum absolute atomic E-state index is 0.250. The molecule has 0 fully saturated rings. The molecule has 0 spiro atoms. The first-order chi connectivity index (χ1) is 8.69. The fraction of sp³-hybridized carbons (Fsp3) is 0.0714. The number of aromatic carboxylic acids is 1. The molecule has 0 amide bonds. The first-order valence-electron chi connectivity index (χ1n) is 5.57. The molecular formula is C14H14N2O2. The summed E-state index contributed by atoms with van der Waals surface area (Å²) in [4.78, 5) is 11.0. The average molecular weight is 242 g/mol. The molecular weight excluding hydrogens is 228 g/mol. The topological polar surface area (TPSA) is 61.4 Å². The number of hydrogen-bond donors (Lipinski definition) is 3. The van der Waals surface area contributed by atoms with Gasteiger partial charge in [0.2, 0.25) is 0 Å². The molecule has 0 aliphatic rings. The van der Waals surface area contributed by atoms with Gasteiger partial charge >= 0.3 is 5.97 Å². The Morgan fingerprint density at radius 3 is 2.28 bits per heavy atom. The highest BCUT2D eigenvalue weighted by Gasteiger charge is 2.06. The van der Waals surface area contributed by atoms with Gasteiger partial charge in [0.05, 0.1) is 5.56 Å². The smallest absolute Gasteiger partial charge is 0.335 e. The zero-order valence-electron chi connectivity index (χ0n) is 9.97. The van der Waals surface area contributed by atoms with Gasteiger partial charge in [-0.3, -0.25) is 0 Å². The van der Waals surface area contributed by atoms with Crippen LogP contribution in [-0.2, 0) is 0 Å². The second-order valence-electron chi connectivity index (χ2n) is 3.85. The number of hydrogen-bond acceptors (Lipinski definition) is 3. The lowest BCUT2D eigenvalue weighted by Gasteiger charge is -2.10. The molecule has 0 bridgehead atoms. The van der Waals surface area contributed by atoms with Gasteiger partial charge in [-0.1, -0.05) is 18.2 Å². The molecule has 4 heteroatoms. The Kier molecular flexibility index (Phi) is 3.48.